The number of amides is 1. The van der Waals surface area contributed by atoms with Crippen LogP contribution in [0.3, 0.4) is 0 Å². The molecule has 0 unspecified atom stereocenters. The van der Waals surface area contributed by atoms with Gasteiger partial charge in [0.15, 0.2) is 0 Å². The lowest BCUT2D eigenvalue weighted by Crippen LogP contribution is -2.25. The second kappa shape index (κ2) is 8.14. The van der Waals surface area contributed by atoms with Crippen LogP contribution in [0.2, 0.25) is 5.02 Å². The van der Waals surface area contributed by atoms with Crippen LogP contribution in [0, 0.1) is 10.1 Å². The van der Waals surface area contributed by atoms with E-state index in [2.05, 4.69) is 5.32 Å². The highest BCUT2D eigenvalue weighted by atomic mass is 35.5. The van der Waals surface area contributed by atoms with Crippen LogP contribution in [0.25, 0.3) is 0 Å². The normalized spacial score (nSPS) is 10.1. The van der Waals surface area contributed by atoms with E-state index in [0.717, 1.165) is 11.8 Å². The van der Waals surface area contributed by atoms with Crippen molar-refractivity contribution in [2.45, 2.75) is 6.42 Å². The third kappa shape index (κ3) is 4.96. The molecule has 0 saturated carbocycles. The molecule has 6 nitrogen and oxygen atoms in total. The second-order valence-corrected chi connectivity index (χ2v) is 5.10. The molecule has 2 aromatic rings. The summed E-state index contributed by atoms with van der Waals surface area (Å²) in [6.07, 6.45) is 0.621. The number of hydrogen-bond acceptors (Lipinski definition) is 4. The van der Waals surface area contributed by atoms with E-state index in [-0.39, 0.29) is 22.2 Å². The molecule has 2 aromatic carbocycles. The smallest absolute Gasteiger partial charge is 0.288 e. The van der Waals surface area contributed by atoms with Gasteiger partial charge in [0.2, 0.25) is 0 Å². The number of nitrogens with zero attached hydrogens (tertiary/aromatic N) is 1. The molecule has 2 rings (SSSR count). The zero-order valence-electron chi connectivity index (χ0n) is 12.2. The molecule has 1 N–H and O–H groups in total. The first-order chi connectivity index (χ1) is 11.1. The van der Waals surface area contributed by atoms with Gasteiger partial charge >= 0.3 is 0 Å². The molecule has 0 spiro atoms. The van der Waals surface area contributed by atoms with E-state index < -0.39 is 4.92 Å². The van der Waals surface area contributed by atoms with Crippen LogP contribution in [0.5, 0.6) is 5.75 Å². The lowest BCUT2D eigenvalue weighted by Gasteiger charge is -2.07. The van der Waals surface area contributed by atoms with E-state index >= 15 is 0 Å². The molecule has 0 heterocycles. The third-order valence-corrected chi connectivity index (χ3v) is 3.34. The van der Waals surface area contributed by atoms with Gasteiger partial charge in [0.05, 0.1) is 11.5 Å². The van der Waals surface area contributed by atoms with Gasteiger partial charge in [-0.25, -0.2) is 0 Å². The van der Waals surface area contributed by atoms with Gasteiger partial charge in [0.25, 0.3) is 11.6 Å². The van der Waals surface area contributed by atoms with Crippen molar-refractivity contribution in [2.24, 2.45) is 0 Å². The lowest BCUT2D eigenvalue weighted by atomic mass is 10.2. The van der Waals surface area contributed by atoms with Crippen molar-refractivity contribution in [2.75, 3.05) is 13.2 Å². The fourth-order valence-electron chi connectivity index (χ4n) is 1.88. The summed E-state index contributed by atoms with van der Waals surface area (Å²) in [6, 6.07) is 13.3. The van der Waals surface area contributed by atoms with Gasteiger partial charge in [-0.1, -0.05) is 29.8 Å². The number of halogens is 1. The lowest BCUT2D eigenvalue weighted by molar-refractivity contribution is -0.384. The zero-order chi connectivity index (χ0) is 16.7. The molecule has 0 aliphatic rings. The van der Waals surface area contributed by atoms with Crippen LogP contribution in [-0.2, 0) is 0 Å². The summed E-state index contributed by atoms with van der Waals surface area (Å²) in [5, 5.41) is 13.5. The highest BCUT2D eigenvalue weighted by molar-refractivity contribution is 6.32. The second-order valence-electron chi connectivity index (χ2n) is 4.69. The molecule has 0 atom stereocenters. The molecule has 0 radical (unpaired) electrons. The van der Waals surface area contributed by atoms with Crippen LogP contribution < -0.4 is 10.1 Å². The molecule has 0 aliphatic heterocycles. The maximum atomic E-state index is 11.9. The minimum absolute atomic E-state index is 0.00260. The minimum Gasteiger partial charge on any atom is -0.494 e. The highest BCUT2D eigenvalue weighted by Gasteiger charge is 2.15. The number of carbonyl (C=O) groups is 1. The van der Waals surface area contributed by atoms with Crippen LogP contribution in [-0.4, -0.2) is 24.0 Å². The van der Waals surface area contributed by atoms with Gasteiger partial charge in [-0.15, -0.1) is 0 Å². The number of rotatable bonds is 7. The molecule has 0 aliphatic carbocycles. The Hall–Kier alpha value is -2.60. The first kappa shape index (κ1) is 16.8. The van der Waals surface area contributed by atoms with E-state index in [1.807, 2.05) is 30.3 Å². The highest BCUT2D eigenvalue weighted by Crippen LogP contribution is 2.24. The Bertz CT molecular complexity index is 692. The summed E-state index contributed by atoms with van der Waals surface area (Å²) in [5.41, 5.74) is -0.0863. The number of para-hydroxylation sites is 1. The average Bonchev–Trinajstić information content (AvgIpc) is 2.55. The quantitative estimate of drug-likeness (QED) is 0.477. The van der Waals surface area contributed by atoms with Gasteiger partial charge < -0.3 is 10.1 Å². The number of carbonyl (C=O) groups excluding carboxylic acids is 1. The standard InChI is InChI=1S/C16H15ClN2O4/c17-14-8-7-12(11-15(14)19(21)22)16(20)18-9-4-10-23-13-5-2-1-3-6-13/h1-3,5-8,11H,4,9-10H2,(H,18,20). The summed E-state index contributed by atoms with van der Waals surface area (Å²) in [6.45, 7) is 0.868. The van der Waals surface area contributed by atoms with E-state index in [4.69, 9.17) is 16.3 Å². The molecule has 0 aromatic heterocycles. The molecular weight excluding hydrogens is 320 g/mol. The Labute approximate surface area is 138 Å². The fourth-order valence-corrected chi connectivity index (χ4v) is 2.06. The zero-order valence-corrected chi connectivity index (χ0v) is 13.0. The van der Waals surface area contributed by atoms with Crippen LogP contribution in [0.15, 0.2) is 48.5 Å². The predicted molar refractivity (Wildman–Crippen MR) is 87.0 cm³/mol. The molecular formula is C16H15ClN2O4. The average molecular weight is 335 g/mol. The Morgan fingerprint density at radius 2 is 1.96 bits per heavy atom. The number of ether oxygens (including phenoxy) is 1. The Balaban J connectivity index is 1.79. The maximum Gasteiger partial charge on any atom is 0.288 e. The summed E-state index contributed by atoms with van der Waals surface area (Å²) >= 11 is 5.71. The molecule has 0 fully saturated rings. The van der Waals surface area contributed by atoms with Crippen molar-refractivity contribution in [1.29, 1.82) is 0 Å². The molecule has 0 bridgehead atoms. The number of nitro benzene ring substituents is 1. The van der Waals surface area contributed by atoms with Crippen LogP contribution >= 0.6 is 11.6 Å². The van der Waals surface area contributed by atoms with Crippen molar-refractivity contribution in [3.63, 3.8) is 0 Å². The summed E-state index contributed by atoms with van der Waals surface area (Å²) in [4.78, 5) is 22.1. The van der Waals surface area contributed by atoms with Gasteiger partial charge in [-0.05, 0) is 30.7 Å². The Morgan fingerprint density at radius 3 is 2.65 bits per heavy atom. The number of nitrogens with one attached hydrogen (secondary N) is 1. The first-order valence-corrected chi connectivity index (χ1v) is 7.35. The topological polar surface area (TPSA) is 81.5 Å². The van der Waals surface area contributed by atoms with Crippen molar-refractivity contribution in [3.05, 3.63) is 69.2 Å². The summed E-state index contributed by atoms with van der Waals surface area (Å²) in [7, 11) is 0. The Morgan fingerprint density at radius 1 is 1.22 bits per heavy atom. The number of hydrogen-bond donors (Lipinski definition) is 1. The monoisotopic (exact) mass is 334 g/mol. The van der Waals surface area contributed by atoms with Crippen molar-refractivity contribution < 1.29 is 14.5 Å². The third-order valence-electron chi connectivity index (χ3n) is 3.02. The van der Waals surface area contributed by atoms with Gasteiger partial charge in [0.1, 0.15) is 10.8 Å². The first-order valence-electron chi connectivity index (χ1n) is 6.98. The van der Waals surface area contributed by atoms with Crippen LogP contribution in [0.1, 0.15) is 16.8 Å². The fraction of sp³-hybridized carbons (Fsp3) is 0.188. The van der Waals surface area contributed by atoms with Crippen LogP contribution in [0.4, 0.5) is 5.69 Å². The molecule has 120 valence electrons. The van der Waals surface area contributed by atoms with Crippen molar-refractivity contribution >= 4 is 23.2 Å². The minimum atomic E-state index is -0.618. The molecule has 7 heteroatoms. The van der Waals surface area contributed by atoms with Crippen molar-refractivity contribution in [3.8, 4) is 5.75 Å². The molecule has 23 heavy (non-hydrogen) atoms. The summed E-state index contributed by atoms with van der Waals surface area (Å²) < 4.78 is 5.50. The Kier molecular flexibility index (Phi) is 5.94. The predicted octanol–water partition coefficient (Wildman–Crippen LogP) is 3.45. The maximum absolute atomic E-state index is 11.9. The van der Waals surface area contributed by atoms with E-state index in [0.29, 0.717) is 19.6 Å². The molecule has 1 amide bonds. The van der Waals surface area contributed by atoms with Crippen molar-refractivity contribution in [1.82, 2.24) is 5.32 Å². The van der Waals surface area contributed by atoms with E-state index in [1.165, 1.54) is 12.1 Å². The van der Waals surface area contributed by atoms with Gasteiger partial charge in [0, 0.05) is 18.2 Å². The number of nitro groups is 1. The number of benzene rings is 2. The summed E-state index contributed by atoms with van der Waals surface area (Å²) in [5.74, 6) is 0.386. The molecule has 0 saturated heterocycles. The SMILES string of the molecule is O=C(NCCCOc1ccccc1)c1ccc(Cl)c([N+](=O)[O-])c1. The van der Waals surface area contributed by atoms with E-state index in [1.54, 1.807) is 0 Å². The van der Waals surface area contributed by atoms with E-state index in [9.17, 15) is 14.9 Å². The van der Waals surface area contributed by atoms with Gasteiger partial charge in [-0.3, -0.25) is 14.9 Å². The van der Waals surface area contributed by atoms with Gasteiger partial charge in [-0.2, -0.15) is 0 Å². The largest absolute Gasteiger partial charge is 0.494 e.